The van der Waals surface area contributed by atoms with E-state index in [0.29, 0.717) is 9.65 Å². The van der Waals surface area contributed by atoms with E-state index in [1.807, 2.05) is 0 Å². The van der Waals surface area contributed by atoms with Gasteiger partial charge in [0.05, 0.1) is 0 Å². The van der Waals surface area contributed by atoms with Gasteiger partial charge in [0.15, 0.2) is 12.6 Å². The molecule has 14 atom stereocenters. The van der Waals surface area contributed by atoms with Crippen LogP contribution in [-0.4, -0.2) is 36.5 Å². The first kappa shape index (κ1) is 49.8. The minimum atomic E-state index is -0.182. The lowest BCUT2D eigenvalue weighted by molar-refractivity contribution is -0.233. The predicted molar refractivity (Wildman–Crippen MR) is 225 cm³/mol. The van der Waals surface area contributed by atoms with Crippen LogP contribution in [0.3, 0.4) is 0 Å². The minimum absolute atomic E-state index is 0.182. The zero-order valence-electron chi connectivity index (χ0n) is 35.4. The van der Waals surface area contributed by atoms with Gasteiger partial charge in [-0.15, -0.1) is 0 Å². The molecule has 0 heterocycles. The van der Waals surface area contributed by atoms with E-state index in [2.05, 4.69) is 115 Å². The Morgan fingerprint density at radius 3 is 0.776 bits per heavy atom. The van der Waals surface area contributed by atoms with Crippen molar-refractivity contribution in [3.05, 3.63) is 0 Å². The van der Waals surface area contributed by atoms with Gasteiger partial charge in [0.2, 0.25) is 0 Å². The van der Waals surface area contributed by atoms with Gasteiger partial charge in [0, 0.05) is 23.9 Å². The molecule has 49 heavy (non-hydrogen) atoms. The zero-order valence-corrected chi connectivity index (χ0v) is 38.5. The second-order valence-corrected chi connectivity index (χ2v) is 21.4. The third-order valence-electron chi connectivity index (χ3n) is 11.0. The van der Waals surface area contributed by atoms with Crippen LogP contribution in [0, 0.1) is 59.2 Å². The van der Waals surface area contributed by atoms with Gasteiger partial charge in [0.25, 0.3) is 0 Å². The van der Waals surface area contributed by atoms with Crippen molar-refractivity contribution in [3.8, 4) is 0 Å². The summed E-state index contributed by atoms with van der Waals surface area (Å²) >= 11 is 7.46. The average molecular weight is 825 g/mol. The van der Waals surface area contributed by atoms with E-state index in [4.69, 9.17) is 14.2 Å². The number of methoxy groups -OCH3 is 2. The maximum absolute atomic E-state index is 6.30. The van der Waals surface area contributed by atoms with Crippen LogP contribution in [0.15, 0.2) is 0 Å². The fourth-order valence-corrected chi connectivity index (χ4v) is 10.8. The molecule has 3 nitrogen and oxygen atoms in total. The van der Waals surface area contributed by atoms with Gasteiger partial charge < -0.3 is 14.2 Å². The summed E-state index contributed by atoms with van der Waals surface area (Å²) in [6, 6.07) is 0. The van der Waals surface area contributed by atoms with Crippen LogP contribution in [-0.2, 0) is 14.2 Å². The molecule has 0 aromatic rings. The quantitative estimate of drug-likeness (QED) is 0.0500. The third kappa shape index (κ3) is 28.9. The SMILES string of the molecule is COC(CCCC(C)CC(C)CC(C)CC(C)CC(C)CC(C)Br)OC(CCCC(C)CC(C)CC(C)CC(C)CC(C)CC(C)Br)OC. The van der Waals surface area contributed by atoms with Gasteiger partial charge in [-0.2, -0.15) is 0 Å². The fourth-order valence-electron chi connectivity index (χ4n) is 9.53. The largest absolute Gasteiger partial charge is 0.356 e. The molecule has 296 valence electrons. The Hall–Kier alpha value is 0.840. The van der Waals surface area contributed by atoms with E-state index < -0.39 is 0 Å². The maximum atomic E-state index is 6.30. The minimum Gasteiger partial charge on any atom is -0.356 e. The van der Waals surface area contributed by atoms with Crippen LogP contribution in [0.1, 0.15) is 186 Å². The van der Waals surface area contributed by atoms with E-state index in [0.717, 1.165) is 84.9 Å². The topological polar surface area (TPSA) is 27.7 Å². The molecule has 0 aliphatic carbocycles. The summed E-state index contributed by atoms with van der Waals surface area (Å²) in [6.45, 7) is 29.0. The number of hydrogen-bond acceptors (Lipinski definition) is 3. The smallest absolute Gasteiger partial charge is 0.160 e. The summed E-state index contributed by atoms with van der Waals surface area (Å²) in [5, 5.41) is 0. The molecule has 0 bridgehead atoms. The highest BCUT2D eigenvalue weighted by Crippen LogP contribution is 2.31. The highest BCUT2D eigenvalue weighted by atomic mass is 79.9. The molecule has 0 amide bonds. The lowest BCUT2D eigenvalue weighted by atomic mass is 9.82. The second kappa shape index (κ2) is 29.2. The molecule has 0 saturated heterocycles. The second-order valence-electron chi connectivity index (χ2n) is 18.3. The Labute approximate surface area is 326 Å². The lowest BCUT2D eigenvalue weighted by Gasteiger charge is -2.26. The Kier molecular flexibility index (Phi) is 29.7. The predicted octanol–water partition coefficient (Wildman–Crippen LogP) is 15.1. The van der Waals surface area contributed by atoms with E-state index in [-0.39, 0.29) is 12.6 Å². The van der Waals surface area contributed by atoms with Gasteiger partial charge in [-0.1, -0.05) is 128 Å². The van der Waals surface area contributed by atoms with Gasteiger partial charge in [-0.05, 0) is 149 Å². The molecule has 14 unspecified atom stereocenters. The Morgan fingerprint density at radius 1 is 0.327 bits per heavy atom. The molecule has 0 N–H and O–H groups in total. The van der Waals surface area contributed by atoms with Crippen molar-refractivity contribution in [1.29, 1.82) is 0 Å². The Morgan fingerprint density at radius 2 is 0.551 bits per heavy atom. The monoisotopic (exact) mass is 823 g/mol. The number of hydrogen-bond donors (Lipinski definition) is 0. The highest BCUT2D eigenvalue weighted by molar-refractivity contribution is 9.09. The summed E-state index contributed by atoms with van der Waals surface area (Å²) in [7, 11) is 3.56. The van der Waals surface area contributed by atoms with Crippen molar-refractivity contribution < 1.29 is 14.2 Å². The first-order valence-corrected chi connectivity index (χ1v) is 22.8. The highest BCUT2D eigenvalue weighted by Gasteiger charge is 2.21. The molecule has 0 spiro atoms. The van der Waals surface area contributed by atoms with Crippen LogP contribution >= 0.6 is 31.9 Å². The number of halogens is 2. The number of ether oxygens (including phenoxy) is 3. The third-order valence-corrected chi connectivity index (χ3v) is 11.7. The van der Waals surface area contributed by atoms with Crippen LogP contribution in [0.2, 0.25) is 0 Å². The van der Waals surface area contributed by atoms with Crippen molar-refractivity contribution >= 4 is 31.9 Å². The normalized spacial score (nSPS) is 21.1. The van der Waals surface area contributed by atoms with Crippen molar-refractivity contribution in [2.24, 2.45) is 59.2 Å². The Bertz CT molecular complexity index is 688. The number of alkyl halides is 2. The molecule has 0 aliphatic rings. The average Bonchev–Trinajstić information content (AvgIpc) is 2.93. The van der Waals surface area contributed by atoms with Crippen molar-refractivity contribution in [2.45, 2.75) is 208 Å². The molecule has 0 rings (SSSR count). The molecule has 0 aliphatic heterocycles. The molecular weight excluding hydrogens is 736 g/mol. The number of rotatable bonds is 32. The summed E-state index contributed by atoms with van der Waals surface area (Å²) < 4.78 is 17.8. The van der Waals surface area contributed by atoms with E-state index in [9.17, 15) is 0 Å². The standard InChI is InChI=1S/C44H88Br2O3/c1-31(21-33(3)23-35(5)25-37(7)27-39(9)29-41(11)45)17-15-19-43(47-13)49-44(48-14)20-16-18-32(2)22-34(4)24-36(6)26-38(8)28-40(10)30-42(12)46/h31-44H,15-30H2,1-14H3. The van der Waals surface area contributed by atoms with Gasteiger partial charge in [-0.3, -0.25) is 0 Å². The van der Waals surface area contributed by atoms with Crippen LogP contribution in [0.25, 0.3) is 0 Å². The van der Waals surface area contributed by atoms with Crippen LogP contribution in [0.4, 0.5) is 0 Å². The van der Waals surface area contributed by atoms with Crippen LogP contribution in [0.5, 0.6) is 0 Å². The summed E-state index contributed by atoms with van der Waals surface area (Å²) in [5.74, 6) is 7.92. The van der Waals surface area contributed by atoms with Gasteiger partial charge in [0.1, 0.15) is 0 Å². The molecule has 0 fully saturated rings. The molecule has 0 radical (unpaired) electrons. The van der Waals surface area contributed by atoms with Gasteiger partial charge >= 0.3 is 0 Å². The zero-order chi connectivity index (χ0) is 37.5. The maximum Gasteiger partial charge on any atom is 0.160 e. The Balaban J connectivity index is 4.33. The molecule has 0 aromatic carbocycles. The van der Waals surface area contributed by atoms with E-state index in [1.54, 1.807) is 14.2 Å². The van der Waals surface area contributed by atoms with E-state index in [1.165, 1.54) is 77.0 Å². The molecule has 5 heteroatoms. The molecule has 0 aromatic heterocycles. The lowest BCUT2D eigenvalue weighted by Crippen LogP contribution is -2.25. The first-order chi connectivity index (χ1) is 22.9. The van der Waals surface area contributed by atoms with Crippen molar-refractivity contribution in [3.63, 3.8) is 0 Å². The summed E-state index contributed by atoms with van der Waals surface area (Å²) in [5.41, 5.74) is 0. The summed E-state index contributed by atoms with van der Waals surface area (Å²) in [6.07, 6.45) is 19.6. The molecular formula is C44H88Br2O3. The van der Waals surface area contributed by atoms with Crippen molar-refractivity contribution in [2.75, 3.05) is 14.2 Å². The van der Waals surface area contributed by atoms with Crippen LogP contribution < -0.4 is 0 Å². The van der Waals surface area contributed by atoms with E-state index >= 15 is 0 Å². The van der Waals surface area contributed by atoms with Gasteiger partial charge in [-0.25, -0.2) is 0 Å². The fraction of sp³-hybridized carbons (Fsp3) is 1.00. The summed E-state index contributed by atoms with van der Waals surface area (Å²) in [4.78, 5) is 1.26. The molecule has 0 saturated carbocycles. The first-order valence-electron chi connectivity index (χ1n) is 20.9. The van der Waals surface area contributed by atoms with Crippen molar-refractivity contribution in [1.82, 2.24) is 0 Å².